The van der Waals surface area contributed by atoms with Gasteiger partial charge in [-0.25, -0.2) is 0 Å². The summed E-state index contributed by atoms with van der Waals surface area (Å²) in [7, 11) is 0. The molecule has 0 bridgehead atoms. The maximum atomic E-state index is 10.7. The predicted octanol–water partition coefficient (Wildman–Crippen LogP) is 1.56. The van der Waals surface area contributed by atoms with Gasteiger partial charge in [0.1, 0.15) is 0 Å². The molecule has 0 aromatic heterocycles. The number of hydrogen-bond acceptors (Lipinski definition) is 4. The molecule has 1 aliphatic heterocycles. The quantitative estimate of drug-likeness (QED) is 0.609. The third kappa shape index (κ3) is 2.20. The molecular formula is C11H14N2O3. The zero-order valence-electron chi connectivity index (χ0n) is 9.10. The Hall–Kier alpha value is -1.46. The number of morpholine rings is 1. The maximum absolute atomic E-state index is 10.7. The average Bonchev–Trinajstić information content (AvgIpc) is 2.30. The number of nitrogens with one attached hydrogen (secondary N) is 1. The van der Waals surface area contributed by atoms with Crippen LogP contribution in [0.3, 0.4) is 0 Å². The minimum Gasteiger partial charge on any atom is -0.371 e. The molecule has 1 unspecified atom stereocenters. The number of ether oxygens (including phenoxy) is 1. The Morgan fingerprint density at radius 1 is 1.56 bits per heavy atom. The number of rotatable bonds is 2. The fraction of sp³-hybridized carbons (Fsp3) is 0.455. The van der Waals surface area contributed by atoms with Crippen molar-refractivity contribution in [3.63, 3.8) is 0 Å². The van der Waals surface area contributed by atoms with E-state index in [1.807, 2.05) is 6.92 Å². The second-order valence-electron chi connectivity index (χ2n) is 3.86. The first-order valence-electron chi connectivity index (χ1n) is 5.26. The Balaban J connectivity index is 2.30. The molecule has 1 atom stereocenters. The Labute approximate surface area is 93.6 Å². The van der Waals surface area contributed by atoms with E-state index >= 15 is 0 Å². The van der Waals surface area contributed by atoms with E-state index in [0.717, 1.165) is 17.7 Å². The molecule has 5 heteroatoms. The smallest absolute Gasteiger partial charge is 0.269 e. The number of nitro groups is 1. The molecule has 1 N–H and O–H groups in total. The highest BCUT2D eigenvalue weighted by atomic mass is 16.6. The molecule has 1 saturated heterocycles. The van der Waals surface area contributed by atoms with Gasteiger partial charge in [-0.1, -0.05) is 6.07 Å². The van der Waals surface area contributed by atoms with Crippen molar-refractivity contribution in [1.82, 2.24) is 5.32 Å². The van der Waals surface area contributed by atoms with E-state index in [-0.39, 0.29) is 16.7 Å². The molecule has 0 amide bonds. The number of non-ortho nitro benzene ring substituents is 1. The van der Waals surface area contributed by atoms with Crippen molar-refractivity contribution in [2.75, 3.05) is 19.7 Å². The monoisotopic (exact) mass is 222 g/mol. The number of hydrogen-bond donors (Lipinski definition) is 1. The second kappa shape index (κ2) is 4.59. The van der Waals surface area contributed by atoms with E-state index in [0.29, 0.717) is 13.2 Å². The van der Waals surface area contributed by atoms with Gasteiger partial charge in [-0.2, -0.15) is 0 Å². The third-order valence-electron chi connectivity index (χ3n) is 2.75. The summed E-state index contributed by atoms with van der Waals surface area (Å²) in [5.74, 6) is 0. The Kier molecular flexibility index (Phi) is 3.17. The molecule has 0 saturated carbocycles. The van der Waals surface area contributed by atoms with Crippen LogP contribution in [0.15, 0.2) is 18.2 Å². The summed E-state index contributed by atoms with van der Waals surface area (Å²) in [6.07, 6.45) is -0.0753. The molecule has 1 fully saturated rings. The van der Waals surface area contributed by atoms with Crippen LogP contribution in [0, 0.1) is 17.0 Å². The van der Waals surface area contributed by atoms with Gasteiger partial charge < -0.3 is 10.1 Å². The van der Waals surface area contributed by atoms with Crippen molar-refractivity contribution in [2.24, 2.45) is 0 Å². The highest BCUT2D eigenvalue weighted by Crippen LogP contribution is 2.26. The summed E-state index contributed by atoms with van der Waals surface area (Å²) in [4.78, 5) is 10.3. The zero-order chi connectivity index (χ0) is 11.5. The summed E-state index contributed by atoms with van der Waals surface area (Å²) in [6.45, 7) is 4.14. The molecule has 1 aromatic rings. The molecular weight excluding hydrogens is 208 g/mol. The molecule has 0 spiro atoms. The van der Waals surface area contributed by atoms with Crippen molar-refractivity contribution in [1.29, 1.82) is 0 Å². The highest BCUT2D eigenvalue weighted by molar-refractivity contribution is 5.40. The van der Waals surface area contributed by atoms with E-state index in [9.17, 15) is 10.1 Å². The van der Waals surface area contributed by atoms with Crippen LogP contribution in [-0.4, -0.2) is 24.6 Å². The molecule has 16 heavy (non-hydrogen) atoms. The molecule has 1 heterocycles. The van der Waals surface area contributed by atoms with E-state index in [4.69, 9.17) is 4.74 Å². The predicted molar refractivity (Wildman–Crippen MR) is 59.4 cm³/mol. The standard InChI is InChI=1S/C11H14N2O3/c1-8-2-3-9(13(14)15)6-10(8)11-7-12-4-5-16-11/h2-3,6,11-12H,4-5,7H2,1H3. The van der Waals surface area contributed by atoms with Crippen LogP contribution in [0.2, 0.25) is 0 Å². The third-order valence-corrected chi connectivity index (χ3v) is 2.75. The first-order valence-corrected chi connectivity index (χ1v) is 5.26. The van der Waals surface area contributed by atoms with Gasteiger partial charge in [0.25, 0.3) is 5.69 Å². The van der Waals surface area contributed by atoms with Crippen molar-refractivity contribution in [3.05, 3.63) is 39.4 Å². The topological polar surface area (TPSA) is 64.4 Å². The lowest BCUT2D eigenvalue weighted by Crippen LogP contribution is -2.33. The van der Waals surface area contributed by atoms with Crippen LogP contribution in [-0.2, 0) is 4.74 Å². The zero-order valence-corrected chi connectivity index (χ0v) is 9.10. The number of nitrogens with zero attached hydrogens (tertiary/aromatic N) is 1. The SMILES string of the molecule is Cc1ccc([N+](=O)[O-])cc1C1CNCCO1. The van der Waals surface area contributed by atoms with Gasteiger partial charge in [0, 0.05) is 25.2 Å². The summed E-state index contributed by atoms with van der Waals surface area (Å²) in [5, 5.41) is 13.9. The van der Waals surface area contributed by atoms with Crippen LogP contribution in [0.1, 0.15) is 17.2 Å². The average molecular weight is 222 g/mol. The molecule has 2 rings (SSSR count). The largest absolute Gasteiger partial charge is 0.371 e. The van der Waals surface area contributed by atoms with Gasteiger partial charge in [-0.05, 0) is 18.1 Å². The molecule has 1 aliphatic rings. The van der Waals surface area contributed by atoms with Gasteiger partial charge in [0.2, 0.25) is 0 Å². The van der Waals surface area contributed by atoms with Gasteiger partial charge >= 0.3 is 0 Å². The van der Waals surface area contributed by atoms with E-state index < -0.39 is 0 Å². The summed E-state index contributed by atoms with van der Waals surface area (Å²) >= 11 is 0. The van der Waals surface area contributed by atoms with Crippen LogP contribution in [0.25, 0.3) is 0 Å². The normalized spacial score (nSPS) is 20.7. The maximum Gasteiger partial charge on any atom is 0.269 e. The fourth-order valence-corrected chi connectivity index (χ4v) is 1.85. The first-order chi connectivity index (χ1) is 7.68. The summed E-state index contributed by atoms with van der Waals surface area (Å²) < 4.78 is 5.59. The summed E-state index contributed by atoms with van der Waals surface area (Å²) in [6, 6.07) is 4.90. The Morgan fingerprint density at radius 3 is 3.00 bits per heavy atom. The molecule has 5 nitrogen and oxygen atoms in total. The van der Waals surface area contributed by atoms with Crippen LogP contribution in [0.4, 0.5) is 5.69 Å². The number of aryl methyl sites for hydroxylation is 1. The molecule has 86 valence electrons. The van der Waals surface area contributed by atoms with E-state index in [2.05, 4.69) is 5.32 Å². The molecule has 0 aliphatic carbocycles. The van der Waals surface area contributed by atoms with Crippen molar-refractivity contribution in [2.45, 2.75) is 13.0 Å². The fourth-order valence-electron chi connectivity index (χ4n) is 1.85. The van der Waals surface area contributed by atoms with Crippen LogP contribution in [0.5, 0.6) is 0 Å². The van der Waals surface area contributed by atoms with Crippen molar-refractivity contribution >= 4 is 5.69 Å². The first kappa shape index (κ1) is 11.0. The lowest BCUT2D eigenvalue weighted by Gasteiger charge is -2.25. The molecule has 0 radical (unpaired) electrons. The van der Waals surface area contributed by atoms with E-state index in [1.54, 1.807) is 12.1 Å². The minimum absolute atomic E-state index is 0.0753. The molecule has 1 aromatic carbocycles. The highest BCUT2D eigenvalue weighted by Gasteiger charge is 2.20. The number of nitro benzene ring substituents is 1. The Morgan fingerprint density at radius 2 is 2.38 bits per heavy atom. The van der Waals surface area contributed by atoms with Gasteiger partial charge in [0.15, 0.2) is 0 Å². The van der Waals surface area contributed by atoms with Crippen molar-refractivity contribution < 1.29 is 9.66 Å². The van der Waals surface area contributed by atoms with Gasteiger partial charge in [0.05, 0.1) is 17.6 Å². The van der Waals surface area contributed by atoms with E-state index in [1.165, 1.54) is 6.07 Å². The van der Waals surface area contributed by atoms with Gasteiger partial charge in [-0.15, -0.1) is 0 Å². The summed E-state index contributed by atoms with van der Waals surface area (Å²) in [5.41, 5.74) is 2.05. The van der Waals surface area contributed by atoms with Crippen LogP contribution < -0.4 is 5.32 Å². The second-order valence-corrected chi connectivity index (χ2v) is 3.86. The Bertz CT molecular complexity index is 400. The minimum atomic E-state index is -0.376. The van der Waals surface area contributed by atoms with Crippen molar-refractivity contribution in [3.8, 4) is 0 Å². The lowest BCUT2D eigenvalue weighted by atomic mass is 10.0. The van der Waals surface area contributed by atoms with Crippen LogP contribution >= 0.6 is 0 Å². The number of benzene rings is 1. The lowest BCUT2D eigenvalue weighted by molar-refractivity contribution is -0.385. The van der Waals surface area contributed by atoms with Gasteiger partial charge in [-0.3, -0.25) is 10.1 Å².